The first-order chi connectivity index (χ1) is 8.88. The predicted molar refractivity (Wildman–Crippen MR) is 71.1 cm³/mol. The number of rotatable bonds is 3. The molecule has 0 fully saturated rings. The molecule has 1 aromatic carbocycles. The van der Waals surface area contributed by atoms with E-state index in [-0.39, 0.29) is 6.04 Å². The first kappa shape index (κ1) is 14.1. The topological polar surface area (TPSA) is 26.0 Å². The summed E-state index contributed by atoms with van der Waals surface area (Å²) in [6, 6.07) is 5.00. The third-order valence-electron chi connectivity index (χ3n) is 3.03. The normalized spacial score (nSPS) is 13.5. The Labute approximate surface area is 113 Å². The number of thiophene rings is 1. The Balaban J connectivity index is 2.10. The number of alkyl halides is 3. The van der Waals surface area contributed by atoms with E-state index in [1.807, 2.05) is 17.7 Å². The van der Waals surface area contributed by atoms with Crippen LogP contribution in [0.4, 0.5) is 13.2 Å². The maximum atomic E-state index is 12.4. The zero-order valence-electron chi connectivity index (χ0n) is 10.4. The molecular formula is C14H14F3NS. The molecule has 1 aromatic heterocycles. The third-order valence-corrected chi connectivity index (χ3v) is 3.91. The van der Waals surface area contributed by atoms with Crippen molar-refractivity contribution in [1.82, 2.24) is 0 Å². The van der Waals surface area contributed by atoms with Crippen molar-refractivity contribution in [1.29, 1.82) is 0 Å². The number of hydrogen-bond acceptors (Lipinski definition) is 2. The summed E-state index contributed by atoms with van der Waals surface area (Å²) in [7, 11) is 0. The highest BCUT2D eigenvalue weighted by molar-refractivity contribution is 7.08. The average molecular weight is 285 g/mol. The zero-order chi connectivity index (χ0) is 14.0. The molecular weight excluding hydrogens is 271 g/mol. The van der Waals surface area contributed by atoms with Crippen LogP contribution < -0.4 is 5.73 Å². The monoisotopic (exact) mass is 285 g/mol. The first-order valence-corrected chi connectivity index (χ1v) is 6.76. The lowest BCUT2D eigenvalue weighted by Crippen LogP contribution is -2.13. The number of nitrogens with two attached hydrogens (primary N) is 1. The second kappa shape index (κ2) is 5.35. The van der Waals surface area contributed by atoms with Crippen LogP contribution in [0.25, 0.3) is 0 Å². The minimum atomic E-state index is -4.29. The Morgan fingerprint density at radius 3 is 2.26 bits per heavy atom. The van der Waals surface area contributed by atoms with E-state index < -0.39 is 11.7 Å². The summed E-state index contributed by atoms with van der Waals surface area (Å²) >= 11 is 1.58. The Kier molecular flexibility index (Phi) is 3.96. The molecule has 2 aromatic rings. The van der Waals surface area contributed by atoms with Crippen LogP contribution in [0.5, 0.6) is 0 Å². The van der Waals surface area contributed by atoms with Crippen LogP contribution in [0.2, 0.25) is 0 Å². The van der Waals surface area contributed by atoms with E-state index in [1.54, 1.807) is 11.3 Å². The highest BCUT2D eigenvalue weighted by Crippen LogP contribution is 2.30. The van der Waals surface area contributed by atoms with Crippen LogP contribution in [0.1, 0.15) is 28.3 Å². The molecule has 0 bridgehead atoms. The summed E-state index contributed by atoms with van der Waals surface area (Å²) < 4.78 is 37.3. The Morgan fingerprint density at radius 1 is 1.16 bits per heavy atom. The second-order valence-corrected chi connectivity index (χ2v) is 5.26. The maximum absolute atomic E-state index is 12.4. The van der Waals surface area contributed by atoms with E-state index in [1.165, 1.54) is 12.1 Å². The van der Waals surface area contributed by atoms with Crippen molar-refractivity contribution in [3.63, 3.8) is 0 Å². The summed E-state index contributed by atoms with van der Waals surface area (Å²) in [4.78, 5) is 0. The van der Waals surface area contributed by atoms with Crippen molar-refractivity contribution in [3.05, 3.63) is 57.3 Å². The quantitative estimate of drug-likeness (QED) is 0.893. The van der Waals surface area contributed by atoms with Crippen LogP contribution in [-0.4, -0.2) is 0 Å². The molecule has 0 aliphatic rings. The summed E-state index contributed by atoms with van der Waals surface area (Å²) in [6.45, 7) is 1.98. The summed E-state index contributed by atoms with van der Waals surface area (Å²) in [5.41, 5.74) is 8.45. The molecule has 19 heavy (non-hydrogen) atoms. The van der Waals surface area contributed by atoms with Gasteiger partial charge in [-0.25, -0.2) is 0 Å². The van der Waals surface area contributed by atoms with E-state index in [9.17, 15) is 13.2 Å². The maximum Gasteiger partial charge on any atom is 0.416 e. The molecule has 0 amide bonds. The fourth-order valence-corrected chi connectivity index (χ4v) is 2.86. The Morgan fingerprint density at radius 2 is 1.79 bits per heavy atom. The molecule has 0 saturated heterocycles. The summed E-state index contributed by atoms with van der Waals surface area (Å²) in [5.74, 6) is 0. The molecule has 1 nitrogen and oxygen atoms in total. The molecule has 102 valence electrons. The van der Waals surface area contributed by atoms with Crippen LogP contribution in [0.3, 0.4) is 0 Å². The van der Waals surface area contributed by atoms with E-state index in [4.69, 9.17) is 5.73 Å². The standard InChI is InChI=1S/C14H14F3NS/c1-9-7-19-8-12(9)13(18)6-10-2-4-11(5-3-10)14(15,16)17/h2-5,7-8,13H,6,18H2,1H3. The molecule has 0 aliphatic heterocycles. The van der Waals surface area contributed by atoms with Gasteiger partial charge < -0.3 is 5.73 Å². The lowest BCUT2D eigenvalue weighted by atomic mass is 9.99. The number of aryl methyl sites for hydroxylation is 1. The van der Waals surface area contributed by atoms with Gasteiger partial charge in [0.05, 0.1) is 5.56 Å². The van der Waals surface area contributed by atoms with E-state index in [2.05, 4.69) is 0 Å². The molecule has 0 saturated carbocycles. The van der Waals surface area contributed by atoms with E-state index >= 15 is 0 Å². The first-order valence-electron chi connectivity index (χ1n) is 5.82. The Bertz CT molecular complexity index is 543. The van der Waals surface area contributed by atoms with Gasteiger partial charge in [0, 0.05) is 6.04 Å². The van der Waals surface area contributed by atoms with Crippen LogP contribution in [0, 0.1) is 6.92 Å². The number of halogens is 3. The van der Waals surface area contributed by atoms with Gasteiger partial charge in [0.25, 0.3) is 0 Å². The Hall–Kier alpha value is -1.33. The second-order valence-electron chi connectivity index (χ2n) is 4.52. The minimum Gasteiger partial charge on any atom is -0.324 e. The highest BCUT2D eigenvalue weighted by Gasteiger charge is 2.29. The number of hydrogen-bond donors (Lipinski definition) is 1. The number of benzene rings is 1. The highest BCUT2D eigenvalue weighted by atomic mass is 32.1. The molecule has 0 aliphatic carbocycles. The molecule has 0 radical (unpaired) electrons. The summed E-state index contributed by atoms with van der Waals surface area (Å²) in [5, 5.41) is 4.01. The SMILES string of the molecule is Cc1cscc1C(N)Cc1ccc(C(F)(F)F)cc1. The van der Waals surface area contributed by atoms with Crippen LogP contribution in [0.15, 0.2) is 35.0 Å². The van der Waals surface area contributed by atoms with Gasteiger partial charge in [-0.1, -0.05) is 12.1 Å². The van der Waals surface area contributed by atoms with Crippen LogP contribution >= 0.6 is 11.3 Å². The van der Waals surface area contributed by atoms with Gasteiger partial charge in [-0.15, -0.1) is 0 Å². The molecule has 2 rings (SSSR count). The fraction of sp³-hybridized carbons (Fsp3) is 0.286. The van der Waals surface area contributed by atoms with Gasteiger partial charge in [-0.3, -0.25) is 0 Å². The average Bonchev–Trinajstić information content (AvgIpc) is 2.75. The molecule has 1 unspecified atom stereocenters. The van der Waals surface area contributed by atoms with Crippen molar-refractivity contribution in [2.75, 3.05) is 0 Å². The predicted octanol–water partition coefficient (Wildman–Crippen LogP) is 4.32. The smallest absolute Gasteiger partial charge is 0.324 e. The van der Waals surface area contributed by atoms with Gasteiger partial charge in [0.15, 0.2) is 0 Å². The molecule has 0 spiro atoms. The third kappa shape index (κ3) is 3.36. The summed E-state index contributed by atoms with van der Waals surface area (Å²) in [6.07, 6.45) is -3.75. The minimum absolute atomic E-state index is 0.178. The van der Waals surface area contributed by atoms with E-state index in [0.29, 0.717) is 6.42 Å². The molecule has 1 heterocycles. The van der Waals surface area contributed by atoms with Gasteiger partial charge in [-0.2, -0.15) is 24.5 Å². The van der Waals surface area contributed by atoms with Gasteiger partial charge >= 0.3 is 6.18 Å². The molecule has 1 atom stereocenters. The zero-order valence-corrected chi connectivity index (χ0v) is 11.2. The van der Waals surface area contributed by atoms with Gasteiger partial charge in [0.1, 0.15) is 0 Å². The molecule has 5 heteroatoms. The van der Waals surface area contributed by atoms with Crippen molar-refractivity contribution < 1.29 is 13.2 Å². The van der Waals surface area contributed by atoms with Gasteiger partial charge in [0.2, 0.25) is 0 Å². The van der Waals surface area contributed by atoms with Crippen molar-refractivity contribution >= 4 is 11.3 Å². The van der Waals surface area contributed by atoms with Crippen molar-refractivity contribution in [2.24, 2.45) is 5.73 Å². The van der Waals surface area contributed by atoms with E-state index in [0.717, 1.165) is 28.8 Å². The van der Waals surface area contributed by atoms with Gasteiger partial charge in [-0.05, 0) is 52.9 Å². The van der Waals surface area contributed by atoms with Crippen molar-refractivity contribution in [2.45, 2.75) is 25.6 Å². The largest absolute Gasteiger partial charge is 0.416 e. The van der Waals surface area contributed by atoms with Crippen LogP contribution in [-0.2, 0) is 12.6 Å². The molecule has 2 N–H and O–H groups in total. The fourth-order valence-electron chi connectivity index (χ4n) is 1.94. The van der Waals surface area contributed by atoms with Crippen molar-refractivity contribution in [3.8, 4) is 0 Å². The lowest BCUT2D eigenvalue weighted by molar-refractivity contribution is -0.137. The lowest BCUT2D eigenvalue weighted by Gasteiger charge is -2.13.